The number of methoxy groups -OCH3 is 1. The number of aromatic nitrogens is 2. The van der Waals surface area contributed by atoms with Gasteiger partial charge in [0.2, 0.25) is 0 Å². The van der Waals surface area contributed by atoms with Gasteiger partial charge in [-0.15, -0.1) is 11.6 Å². The van der Waals surface area contributed by atoms with Crippen LogP contribution in [0.1, 0.15) is 25.2 Å². The molecule has 2 aromatic rings. The van der Waals surface area contributed by atoms with Crippen molar-refractivity contribution in [1.29, 1.82) is 0 Å². The third-order valence-corrected chi connectivity index (χ3v) is 3.50. The molecule has 0 bridgehead atoms. The highest BCUT2D eigenvalue weighted by Gasteiger charge is 2.15. The van der Waals surface area contributed by atoms with Gasteiger partial charge in [0.25, 0.3) is 0 Å². The van der Waals surface area contributed by atoms with E-state index >= 15 is 0 Å². The molecule has 0 radical (unpaired) electrons. The second-order valence-corrected chi connectivity index (χ2v) is 5.00. The van der Waals surface area contributed by atoms with E-state index in [0.29, 0.717) is 17.5 Å². The van der Waals surface area contributed by atoms with Crippen LogP contribution in [0.25, 0.3) is 11.0 Å². The van der Waals surface area contributed by atoms with Crippen LogP contribution >= 0.6 is 23.2 Å². The van der Waals surface area contributed by atoms with Gasteiger partial charge in [-0.2, -0.15) is 0 Å². The normalized spacial score (nSPS) is 13.1. The zero-order chi connectivity index (χ0) is 13.1. The molecule has 0 aliphatic rings. The molecule has 1 aromatic carbocycles. The lowest BCUT2D eigenvalue weighted by atomic mass is 10.2. The lowest BCUT2D eigenvalue weighted by Crippen LogP contribution is -2.10. The van der Waals surface area contributed by atoms with Gasteiger partial charge in [-0.25, -0.2) is 4.98 Å². The second kappa shape index (κ2) is 5.91. The summed E-state index contributed by atoms with van der Waals surface area (Å²) in [6, 6.07) is 5.98. The van der Waals surface area contributed by atoms with Gasteiger partial charge in [-0.1, -0.05) is 11.6 Å². The third kappa shape index (κ3) is 2.63. The van der Waals surface area contributed by atoms with Crippen LogP contribution in [-0.4, -0.2) is 23.3 Å². The molecular weight excluding hydrogens is 271 g/mol. The van der Waals surface area contributed by atoms with Crippen molar-refractivity contribution in [2.45, 2.75) is 25.3 Å². The Morgan fingerprint density at radius 3 is 2.89 bits per heavy atom. The molecule has 0 N–H and O–H groups in total. The quantitative estimate of drug-likeness (QED) is 0.776. The highest BCUT2D eigenvalue weighted by molar-refractivity contribution is 6.31. The molecule has 1 heterocycles. The van der Waals surface area contributed by atoms with E-state index < -0.39 is 0 Å². The molecule has 0 saturated carbocycles. The first kappa shape index (κ1) is 13.7. The van der Waals surface area contributed by atoms with Crippen molar-refractivity contribution >= 4 is 34.2 Å². The molecule has 2 rings (SSSR count). The molecule has 0 spiro atoms. The summed E-state index contributed by atoms with van der Waals surface area (Å²) < 4.78 is 7.27. The number of ether oxygens (including phenoxy) is 1. The summed E-state index contributed by atoms with van der Waals surface area (Å²) >= 11 is 12.0. The predicted octanol–water partition coefficient (Wildman–Crippen LogP) is 4.03. The number of fused-ring (bicyclic) bond motifs is 1. The molecule has 98 valence electrons. The van der Waals surface area contributed by atoms with E-state index in [1.807, 2.05) is 18.2 Å². The highest BCUT2D eigenvalue weighted by atomic mass is 35.5. The SMILES string of the molecule is COCCC(C)n1c(CCl)nc2ccc(Cl)cc21. The summed E-state index contributed by atoms with van der Waals surface area (Å²) in [6.45, 7) is 2.85. The van der Waals surface area contributed by atoms with Crippen LogP contribution in [0.5, 0.6) is 0 Å². The molecule has 18 heavy (non-hydrogen) atoms. The van der Waals surface area contributed by atoms with Crippen LogP contribution in [0.2, 0.25) is 5.02 Å². The van der Waals surface area contributed by atoms with E-state index in [0.717, 1.165) is 23.3 Å². The molecule has 0 amide bonds. The molecule has 0 aliphatic carbocycles. The first-order chi connectivity index (χ1) is 8.67. The van der Waals surface area contributed by atoms with Crippen LogP contribution in [-0.2, 0) is 10.6 Å². The Hall–Kier alpha value is -0.770. The number of rotatable bonds is 5. The summed E-state index contributed by atoms with van der Waals surface area (Å²) in [4.78, 5) is 4.53. The fourth-order valence-corrected chi connectivity index (χ4v) is 2.47. The van der Waals surface area contributed by atoms with Crippen LogP contribution in [0.4, 0.5) is 0 Å². The fraction of sp³-hybridized carbons (Fsp3) is 0.462. The van der Waals surface area contributed by atoms with Crippen molar-refractivity contribution in [2.24, 2.45) is 0 Å². The van der Waals surface area contributed by atoms with Gasteiger partial charge < -0.3 is 9.30 Å². The van der Waals surface area contributed by atoms with E-state index in [1.54, 1.807) is 7.11 Å². The largest absolute Gasteiger partial charge is 0.385 e. The Labute approximate surface area is 117 Å². The smallest absolute Gasteiger partial charge is 0.125 e. The summed E-state index contributed by atoms with van der Waals surface area (Å²) in [5.41, 5.74) is 1.96. The summed E-state index contributed by atoms with van der Waals surface area (Å²) in [5.74, 6) is 1.27. The topological polar surface area (TPSA) is 27.1 Å². The lowest BCUT2D eigenvalue weighted by Gasteiger charge is -2.16. The van der Waals surface area contributed by atoms with Crippen molar-refractivity contribution in [1.82, 2.24) is 9.55 Å². The van der Waals surface area contributed by atoms with Crippen molar-refractivity contribution in [3.8, 4) is 0 Å². The number of hydrogen-bond donors (Lipinski definition) is 0. The Balaban J connectivity index is 2.48. The molecule has 1 aromatic heterocycles. The number of imidazole rings is 1. The maximum absolute atomic E-state index is 6.05. The number of benzene rings is 1. The second-order valence-electron chi connectivity index (χ2n) is 4.30. The molecule has 5 heteroatoms. The fourth-order valence-electron chi connectivity index (χ4n) is 2.12. The van der Waals surface area contributed by atoms with E-state index in [1.165, 1.54) is 0 Å². The summed E-state index contributed by atoms with van der Waals surface area (Å²) in [7, 11) is 1.71. The molecule has 1 atom stereocenters. The van der Waals surface area contributed by atoms with Crippen LogP contribution in [0.15, 0.2) is 18.2 Å². The molecule has 0 saturated heterocycles. The van der Waals surface area contributed by atoms with E-state index in [9.17, 15) is 0 Å². The standard InChI is InChI=1S/C13H16Cl2N2O/c1-9(5-6-18-2)17-12-7-10(15)3-4-11(12)16-13(17)8-14/h3-4,7,9H,5-6,8H2,1-2H3. The molecular formula is C13H16Cl2N2O. The Morgan fingerprint density at radius 1 is 1.44 bits per heavy atom. The zero-order valence-corrected chi connectivity index (χ0v) is 12.0. The average Bonchev–Trinajstić information content (AvgIpc) is 2.73. The Bertz CT molecular complexity index is 539. The number of halogens is 2. The zero-order valence-electron chi connectivity index (χ0n) is 10.5. The van der Waals surface area contributed by atoms with Gasteiger partial charge >= 0.3 is 0 Å². The molecule has 0 fully saturated rings. The van der Waals surface area contributed by atoms with Crippen LogP contribution in [0, 0.1) is 0 Å². The minimum absolute atomic E-state index is 0.280. The lowest BCUT2D eigenvalue weighted by molar-refractivity contribution is 0.181. The Morgan fingerprint density at radius 2 is 2.22 bits per heavy atom. The van der Waals surface area contributed by atoms with E-state index in [4.69, 9.17) is 27.9 Å². The Kier molecular flexibility index (Phi) is 4.49. The highest BCUT2D eigenvalue weighted by Crippen LogP contribution is 2.26. The molecule has 0 aliphatic heterocycles. The van der Waals surface area contributed by atoms with Crippen LogP contribution in [0.3, 0.4) is 0 Å². The van der Waals surface area contributed by atoms with Gasteiger partial charge in [0.05, 0.1) is 16.9 Å². The third-order valence-electron chi connectivity index (χ3n) is 3.02. The monoisotopic (exact) mass is 286 g/mol. The minimum Gasteiger partial charge on any atom is -0.385 e. The number of nitrogens with zero attached hydrogens (tertiary/aromatic N) is 2. The van der Waals surface area contributed by atoms with E-state index in [-0.39, 0.29) is 6.04 Å². The average molecular weight is 287 g/mol. The van der Waals surface area contributed by atoms with Gasteiger partial charge in [0.1, 0.15) is 5.82 Å². The van der Waals surface area contributed by atoms with Crippen LogP contribution < -0.4 is 0 Å². The first-order valence-electron chi connectivity index (χ1n) is 5.88. The van der Waals surface area contributed by atoms with Gasteiger partial charge in [-0.3, -0.25) is 0 Å². The van der Waals surface area contributed by atoms with Gasteiger partial charge in [0.15, 0.2) is 0 Å². The summed E-state index contributed by atoms with van der Waals surface area (Å²) in [5, 5.41) is 0.712. The van der Waals surface area contributed by atoms with Crippen molar-refractivity contribution in [3.63, 3.8) is 0 Å². The summed E-state index contributed by atoms with van der Waals surface area (Å²) in [6.07, 6.45) is 0.915. The maximum Gasteiger partial charge on any atom is 0.125 e. The van der Waals surface area contributed by atoms with Gasteiger partial charge in [-0.05, 0) is 31.5 Å². The first-order valence-corrected chi connectivity index (χ1v) is 6.80. The van der Waals surface area contributed by atoms with Crippen molar-refractivity contribution < 1.29 is 4.74 Å². The van der Waals surface area contributed by atoms with Crippen molar-refractivity contribution in [3.05, 3.63) is 29.0 Å². The minimum atomic E-state index is 0.280. The van der Waals surface area contributed by atoms with E-state index in [2.05, 4.69) is 16.5 Å². The molecule has 1 unspecified atom stereocenters. The number of alkyl halides is 1. The maximum atomic E-state index is 6.05. The van der Waals surface area contributed by atoms with Crippen molar-refractivity contribution in [2.75, 3.05) is 13.7 Å². The number of hydrogen-bond acceptors (Lipinski definition) is 2. The predicted molar refractivity (Wildman–Crippen MR) is 75.5 cm³/mol. The van der Waals surface area contributed by atoms with Gasteiger partial charge in [0, 0.05) is 24.8 Å². The molecule has 3 nitrogen and oxygen atoms in total.